The Kier molecular flexibility index (Phi) is 7.49. The number of rotatable bonds is 8. The Labute approximate surface area is 174 Å². The van der Waals surface area contributed by atoms with Crippen molar-refractivity contribution in [3.8, 4) is 0 Å². The number of guanidine groups is 1. The molecule has 1 aromatic carbocycles. The fraction of sp³-hybridized carbons (Fsp3) is 0.591. The van der Waals surface area contributed by atoms with E-state index >= 15 is 0 Å². The molecular weight excluding hydrogens is 364 g/mol. The van der Waals surface area contributed by atoms with E-state index in [1.54, 1.807) is 0 Å². The third-order valence-electron chi connectivity index (χ3n) is 5.13. The zero-order chi connectivity index (χ0) is 20.6. The van der Waals surface area contributed by atoms with Crippen molar-refractivity contribution < 1.29 is 4.52 Å². The number of nitrogens with one attached hydrogen (secondary N) is 2. The van der Waals surface area contributed by atoms with Crippen LogP contribution in [0.3, 0.4) is 0 Å². The molecular formula is C22H34N6O. The lowest BCUT2D eigenvalue weighted by Crippen LogP contribution is -2.39. The van der Waals surface area contributed by atoms with Gasteiger partial charge in [0.05, 0.1) is 12.6 Å². The van der Waals surface area contributed by atoms with E-state index in [4.69, 9.17) is 4.52 Å². The minimum Gasteiger partial charge on any atom is -0.372 e. The number of nitrogens with zero attached hydrogens (tertiary/aromatic N) is 4. The molecule has 1 aromatic heterocycles. The molecule has 1 atom stereocenters. The van der Waals surface area contributed by atoms with Crippen molar-refractivity contribution >= 4 is 11.6 Å². The summed E-state index contributed by atoms with van der Waals surface area (Å²) in [5.41, 5.74) is 2.58. The SMILES string of the molecule is CCNC(=NCCc1nc(C(C)C)no1)NC(C)c1cccc(N2CCCC2)c1. The number of benzene rings is 1. The van der Waals surface area contributed by atoms with Crippen LogP contribution in [0.4, 0.5) is 5.69 Å². The van der Waals surface area contributed by atoms with E-state index in [0.717, 1.165) is 31.4 Å². The monoisotopic (exact) mass is 398 g/mol. The highest BCUT2D eigenvalue weighted by Crippen LogP contribution is 2.24. The van der Waals surface area contributed by atoms with Gasteiger partial charge in [-0.15, -0.1) is 0 Å². The number of hydrogen-bond acceptors (Lipinski definition) is 5. The standard InChI is InChI=1S/C22H34N6O/c1-5-23-22(24-12-11-20-26-21(16(2)3)27-29-20)25-17(4)18-9-8-10-19(15-18)28-13-6-7-14-28/h8-10,15-17H,5-7,11-14H2,1-4H3,(H2,23,24,25). The Hall–Kier alpha value is -2.57. The Balaban J connectivity index is 1.59. The first-order chi connectivity index (χ1) is 14.1. The number of aromatic nitrogens is 2. The molecule has 3 rings (SSSR count). The van der Waals surface area contributed by atoms with Gasteiger partial charge in [-0.25, -0.2) is 0 Å². The lowest BCUT2D eigenvalue weighted by molar-refractivity contribution is 0.372. The molecule has 0 bridgehead atoms. The third kappa shape index (κ3) is 5.95. The molecule has 0 radical (unpaired) electrons. The third-order valence-corrected chi connectivity index (χ3v) is 5.13. The molecule has 7 heteroatoms. The van der Waals surface area contributed by atoms with Gasteiger partial charge in [-0.2, -0.15) is 4.98 Å². The minimum absolute atomic E-state index is 0.159. The Morgan fingerprint density at radius 3 is 2.72 bits per heavy atom. The second-order valence-electron chi connectivity index (χ2n) is 7.87. The number of hydrogen-bond donors (Lipinski definition) is 2. The summed E-state index contributed by atoms with van der Waals surface area (Å²) in [7, 11) is 0. The number of aliphatic imine (C=N–C) groups is 1. The molecule has 2 heterocycles. The van der Waals surface area contributed by atoms with Gasteiger partial charge in [0.15, 0.2) is 11.8 Å². The van der Waals surface area contributed by atoms with Crippen molar-refractivity contribution in [2.75, 3.05) is 31.1 Å². The first-order valence-corrected chi connectivity index (χ1v) is 10.8. The van der Waals surface area contributed by atoms with E-state index in [2.05, 4.69) is 82.6 Å². The van der Waals surface area contributed by atoms with Crippen LogP contribution >= 0.6 is 0 Å². The first-order valence-electron chi connectivity index (χ1n) is 10.8. The summed E-state index contributed by atoms with van der Waals surface area (Å²) in [6.45, 7) is 12.1. The van der Waals surface area contributed by atoms with Crippen molar-refractivity contribution in [2.45, 2.75) is 58.9 Å². The van der Waals surface area contributed by atoms with Crippen LogP contribution in [-0.2, 0) is 6.42 Å². The molecule has 2 N–H and O–H groups in total. The normalized spacial score (nSPS) is 15.8. The Morgan fingerprint density at radius 2 is 2.03 bits per heavy atom. The summed E-state index contributed by atoms with van der Waals surface area (Å²) >= 11 is 0. The quantitative estimate of drug-likeness (QED) is 0.522. The van der Waals surface area contributed by atoms with E-state index < -0.39 is 0 Å². The molecule has 0 saturated carbocycles. The van der Waals surface area contributed by atoms with E-state index in [-0.39, 0.29) is 12.0 Å². The Morgan fingerprint density at radius 1 is 1.24 bits per heavy atom. The minimum atomic E-state index is 0.159. The van der Waals surface area contributed by atoms with Crippen molar-refractivity contribution in [2.24, 2.45) is 4.99 Å². The van der Waals surface area contributed by atoms with Gasteiger partial charge in [0, 0.05) is 37.7 Å². The predicted molar refractivity (Wildman–Crippen MR) is 118 cm³/mol. The zero-order valence-electron chi connectivity index (χ0n) is 18.1. The molecule has 0 spiro atoms. The van der Waals surface area contributed by atoms with Gasteiger partial charge in [0.2, 0.25) is 5.89 Å². The van der Waals surface area contributed by atoms with Crippen LogP contribution in [0.15, 0.2) is 33.8 Å². The van der Waals surface area contributed by atoms with Crippen LogP contribution < -0.4 is 15.5 Å². The molecule has 2 aromatic rings. The van der Waals surface area contributed by atoms with Crippen LogP contribution in [0, 0.1) is 0 Å². The maximum absolute atomic E-state index is 5.30. The van der Waals surface area contributed by atoms with Crippen LogP contribution in [0.5, 0.6) is 0 Å². The van der Waals surface area contributed by atoms with Crippen molar-refractivity contribution in [1.82, 2.24) is 20.8 Å². The summed E-state index contributed by atoms with van der Waals surface area (Å²) in [5.74, 6) is 2.46. The highest BCUT2D eigenvalue weighted by Gasteiger charge is 2.15. The topological polar surface area (TPSA) is 78.6 Å². The average molecular weight is 399 g/mol. The first kappa shape index (κ1) is 21.1. The van der Waals surface area contributed by atoms with Gasteiger partial charge in [0.1, 0.15) is 0 Å². The molecule has 1 aliphatic heterocycles. The maximum Gasteiger partial charge on any atom is 0.228 e. The second-order valence-corrected chi connectivity index (χ2v) is 7.87. The van der Waals surface area contributed by atoms with E-state index in [1.165, 1.54) is 24.1 Å². The fourth-order valence-corrected chi connectivity index (χ4v) is 3.44. The molecule has 0 amide bonds. The molecule has 7 nitrogen and oxygen atoms in total. The van der Waals surface area contributed by atoms with E-state index in [0.29, 0.717) is 18.9 Å². The second kappa shape index (κ2) is 10.3. The number of anilines is 1. The average Bonchev–Trinajstić information content (AvgIpc) is 3.40. The molecule has 29 heavy (non-hydrogen) atoms. The highest BCUT2D eigenvalue weighted by molar-refractivity contribution is 5.80. The van der Waals surface area contributed by atoms with Gasteiger partial charge in [-0.3, -0.25) is 4.99 Å². The molecule has 1 aliphatic rings. The predicted octanol–water partition coefficient (Wildman–Crippen LogP) is 3.65. The van der Waals surface area contributed by atoms with Crippen molar-refractivity contribution in [1.29, 1.82) is 0 Å². The summed E-state index contributed by atoms with van der Waals surface area (Å²) in [5, 5.41) is 10.8. The Bertz CT molecular complexity index is 794. The summed E-state index contributed by atoms with van der Waals surface area (Å²) in [6, 6.07) is 8.97. The van der Waals surface area contributed by atoms with Gasteiger partial charge in [0.25, 0.3) is 0 Å². The fourth-order valence-electron chi connectivity index (χ4n) is 3.44. The van der Waals surface area contributed by atoms with Gasteiger partial charge in [-0.05, 0) is 44.4 Å². The molecule has 0 aliphatic carbocycles. The van der Waals surface area contributed by atoms with E-state index in [1.807, 2.05) is 0 Å². The summed E-state index contributed by atoms with van der Waals surface area (Å²) in [4.78, 5) is 11.6. The largest absolute Gasteiger partial charge is 0.372 e. The molecule has 1 unspecified atom stereocenters. The van der Waals surface area contributed by atoms with Crippen molar-refractivity contribution in [3.63, 3.8) is 0 Å². The zero-order valence-corrected chi connectivity index (χ0v) is 18.1. The molecule has 1 fully saturated rings. The lowest BCUT2D eigenvalue weighted by Gasteiger charge is -2.22. The maximum atomic E-state index is 5.30. The van der Waals surface area contributed by atoms with Gasteiger partial charge >= 0.3 is 0 Å². The molecule has 1 saturated heterocycles. The lowest BCUT2D eigenvalue weighted by atomic mass is 10.1. The summed E-state index contributed by atoms with van der Waals surface area (Å²) < 4.78 is 5.30. The van der Waals surface area contributed by atoms with Gasteiger partial charge < -0.3 is 20.1 Å². The highest BCUT2D eigenvalue weighted by atomic mass is 16.5. The van der Waals surface area contributed by atoms with Crippen LogP contribution in [0.25, 0.3) is 0 Å². The van der Waals surface area contributed by atoms with Crippen LogP contribution in [0.2, 0.25) is 0 Å². The summed E-state index contributed by atoms with van der Waals surface area (Å²) in [6.07, 6.45) is 3.21. The van der Waals surface area contributed by atoms with Crippen LogP contribution in [-0.4, -0.2) is 42.3 Å². The molecule has 158 valence electrons. The van der Waals surface area contributed by atoms with Crippen molar-refractivity contribution in [3.05, 3.63) is 41.5 Å². The van der Waals surface area contributed by atoms with Crippen LogP contribution in [0.1, 0.15) is 69.8 Å². The smallest absolute Gasteiger partial charge is 0.228 e. The van der Waals surface area contributed by atoms with Gasteiger partial charge in [-0.1, -0.05) is 31.1 Å². The van der Waals surface area contributed by atoms with E-state index in [9.17, 15) is 0 Å².